The molecule has 3 atom stereocenters. The van der Waals surface area contributed by atoms with Crippen molar-refractivity contribution < 1.29 is 13.2 Å². The van der Waals surface area contributed by atoms with Crippen molar-refractivity contribution in [2.75, 3.05) is 6.54 Å². The SMILES string of the molecule is CCNC(c1ccc(C(F)(F)F)cc1)C1CCCC(C)C1. The lowest BCUT2D eigenvalue weighted by Gasteiger charge is -2.34. The van der Waals surface area contributed by atoms with E-state index in [2.05, 4.69) is 12.2 Å². The molecule has 0 spiro atoms. The van der Waals surface area contributed by atoms with Crippen LogP contribution in [0, 0.1) is 11.8 Å². The molecule has 1 aliphatic rings. The lowest BCUT2D eigenvalue weighted by Crippen LogP contribution is -2.31. The molecule has 1 aromatic carbocycles. The van der Waals surface area contributed by atoms with Crippen LogP contribution in [0.4, 0.5) is 13.2 Å². The fraction of sp³-hybridized carbons (Fsp3) is 0.647. The summed E-state index contributed by atoms with van der Waals surface area (Å²) in [4.78, 5) is 0. The summed E-state index contributed by atoms with van der Waals surface area (Å²) in [5.74, 6) is 1.23. The molecule has 0 saturated heterocycles. The van der Waals surface area contributed by atoms with Crippen LogP contribution < -0.4 is 5.32 Å². The predicted octanol–water partition coefficient (Wildman–Crippen LogP) is 5.18. The molecule has 1 saturated carbocycles. The third kappa shape index (κ3) is 4.22. The van der Waals surface area contributed by atoms with E-state index < -0.39 is 11.7 Å². The number of hydrogen-bond donors (Lipinski definition) is 1. The largest absolute Gasteiger partial charge is 0.416 e. The molecule has 21 heavy (non-hydrogen) atoms. The summed E-state index contributed by atoms with van der Waals surface area (Å²) >= 11 is 0. The summed E-state index contributed by atoms with van der Waals surface area (Å²) in [7, 11) is 0. The van der Waals surface area contributed by atoms with E-state index in [1.807, 2.05) is 6.92 Å². The molecule has 1 aromatic rings. The summed E-state index contributed by atoms with van der Waals surface area (Å²) in [6, 6.07) is 5.84. The molecule has 0 heterocycles. The highest BCUT2D eigenvalue weighted by atomic mass is 19.4. The van der Waals surface area contributed by atoms with E-state index in [4.69, 9.17) is 0 Å². The predicted molar refractivity (Wildman–Crippen MR) is 79.0 cm³/mol. The van der Waals surface area contributed by atoms with Crippen molar-refractivity contribution in [3.63, 3.8) is 0 Å². The number of alkyl halides is 3. The second kappa shape index (κ2) is 6.82. The molecule has 1 fully saturated rings. The fourth-order valence-corrected chi connectivity index (χ4v) is 3.44. The Labute approximate surface area is 124 Å². The standard InChI is InChI=1S/C17H24F3N/c1-3-21-16(14-6-4-5-12(2)11-14)13-7-9-15(10-8-13)17(18,19)20/h7-10,12,14,16,21H,3-6,11H2,1-2H3. The third-order valence-electron chi connectivity index (χ3n) is 4.47. The van der Waals surface area contributed by atoms with E-state index in [0.717, 1.165) is 24.9 Å². The first kappa shape index (κ1) is 16.3. The van der Waals surface area contributed by atoms with Gasteiger partial charge in [0.25, 0.3) is 0 Å². The van der Waals surface area contributed by atoms with Crippen LogP contribution in [-0.2, 0) is 6.18 Å². The Balaban J connectivity index is 2.17. The first-order valence-corrected chi connectivity index (χ1v) is 7.82. The molecule has 0 aromatic heterocycles. The van der Waals surface area contributed by atoms with Gasteiger partial charge in [0.2, 0.25) is 0 Å². The number of halogens is 3. The average Bonchev–Trinajstić information content (AvgIpc) is 2.44. The third-order valence-corrected chi connectivity index (χ3v) is 4.47. The van der Waals surface area contributed by atoms with E-state index in [0.29, 0.717) is 11.8 Å². The van der Waals surface area contributed by atoms with Gasteiger partial charge in [0.05, 0.1) is 5.56 Å². The number of hydrogen-bond acceptors (Lipinski definition) is 1. The van der Waals surface area contributed by atoms with Gasteiger partial charge in [0.15, 0.2) is 0 Å². The monoisotopic (exact) mass is 299 g/mol. The molecule has 2 rings (SSSR count). The van der Waals surface area contributed by atoms with Crippen LogP contribution in [0.25, 0.3) is 0 Å². The zero-order valence-electron chi connectivity index (χ0n) is 12.7. The molecule has 1 N–H and O–H groups in total. The van der Waals surface area contributed by atoms with Crippen LogP contribution in [0.5, 0.6) is 0 Å². The summed E-state index contributed by atoms with van der Waals surface area (Å²) < 4.78 is 38.0. The molecular formula is C17H24F3N. The maximum absolute atomic E-state index is 12.7. The maximum atomic E-state index is 12.7. The van der Waals surface area contributed by atoms with Crippen molar-refractivity contribution in [1.82, 2.24) is 5.32 Å². The highest BCUT2D eigenvalue weighted by Gasteiger charge is 2.31. The highest BCUT2D eigenvalue weighted by molar-refractivity contribution is 5.27. The zero-order valence-corrected chi connectivity index (χ0v) is 12.7. The molecule has 1 nitrogen and oxygen atoms in total. The molecule has 0 amide bonds. The summed E-state index contributed by atoms with van der Waals surface area (Å²) in [6.07, 6.45) is 0.532. The molecule has 1 aliphatic carbocycles. The van der Waals surface area contributed by atoms with Crippen molar-refractivity contribution in [2.24, 2.45) is 11.8 Å². The second-order valence-electron chi connectivity index (χ2n) is 6.19. The van der Waals surface area contributed by atoms with Gasteiger partial charge in [-0.05, 0) is 48.9 Å². The Kier molecular flexibility index (Phi) is 5.31. The van der Waals surface area contributed by atoms with E-state index >= 15 is 0 Å². The van der Waals surface area contributed by atoms with Crippen molar-refractivity contribution in [2.45, 2.75) is 51.7 Å². The Hall–Kier alpha value is -1.03. The molecule has 3 unspecified atom stereocenters. The molecule has 0 radical (unpaired) electrons. The maximum Gasteiger partial charge on any atom is 0.416 e. The molecule has 4 heteroatoms. The molecule has 0 bridgehead atoms. The summed E-state index contributed by atoms with van der Waals surface area (Å²) in [5, 5.41) is 3.47. The first-order chi connectivity index (χ1) is 9.91. The fourth-order valence-electron chi connectivity index (χ4n) is 3.44. The lowest BCUT2D eigenvalue weighted by molar-refractivity contribution is -0.137. The van der Waals surface area contributed by atoms with Gasteiger partial charge in [0, 0.05) is 6.04 Å². The average molecular weight is 299 g/mol. The zero-order chi connectivity index (χ0) is 15.5. The quantitative estimate of drug-likeness (QED) is 0.807. The van der Waals surface area contributed by atoms with E-state index in [1.165, 1.54) is 25.0 Å². The number of benzene rings is 1. The molecule has 118 valence electrons. The van der Waals surface area contributed by atoms with Crippen molar-refractivity contribution in [3.05, 3.63) is 35.4 Å². The summed E-state index contributed by atoms with van der Waals surface area (Å²) in [5.41, 5.74) is 0.405. The van der Waals surface area contributed by atoms with Crippen LogP contribution in [0.1, 0.15) is 56.7 Å². The van der Waals surface area contributed by atoms with E-state index in [1.54, 1.807) is 12.1 Å². The van der Waals surface area contributed by atoms with E-state index in [-0.39, 0.29) is 6.04 Å². The summed E-state index contributed by atoms with van der Waals surface area (Å²) in [6.45, 7) is 5.14. The normalized spacial score (nSPS) is 24.8. The minimum Gasteiger partial charge on any atom is -0.310 e. The van der Waals surface area contributed by atoms with E-state index in [9.17, 15) is 13.2 Å². The van der Waals surface area contributed by atoms with Crippen molar-refractivity contribution >= 4 is 0 Å². The Bertz CT molecular complexity index is 438. The van der Waals surface area contributed by atoms with Crippen LogP contribution in [-0.4, -0.2) is 6.54 Å². The van der Waals surface area contributed by atoms with Gasteiger partial charge in [0.1, 0.15) is 0 Å². The Morgan fingerprint density at radius 3 is 2.38 bits per heavy atom. The molecular weight excluding hydrogens is 275 g/mol. The molecule has 0 aliphatic heterocycles. The van der Waals surface area contributed by atoms with Crippen molar-refractivity contribution in [3.8, 4) is 0 Å². The van der Waals surface area contributed by atoms with Crippen molar-refractivity contribution in [1.29, 1.82) is 0 Å². The number of nitrogens with one attached hydrogen (secondary N) is 1. The van der Waals surface area contributed by atoms with Gasteiger partial charge in [-0.2, -0.15) is 13.2 Å². The smallest absolute Gasteiger partial charge is 0.310 e. The van der Waals surface area contributed by atoms with Gasteiger partial charge < -0.3 is 5.32 Å². The lowest BCUT2D eigenvalue weighted by atomic mass is 9.76. The van der Waals surface area contributed by atoms with Gasteiger partial charge in [-0.15, -0.1) is 0 Å². The van der Waals surface area contributed by atoms with Crippen LogP contribution >= 0.6 is 0 Å². The van der Waals surface area contributed by atoms with Crippen LogP contribution in [0.15, 0.2) is 24.3 Å². The topological polar surface area (TPSA) is 12.0 Å². The van der Waals surface area contributed by atoms with Gasteiger partial charge in [-0.3, -0.25) is 0 Å². The van der Waals surface area contributed by atoms with Gasteiger partial charge >= 0.3 is 6.18 Å². The van der Waals surface area contributed by atoms with Crippen LogP contribution in [0.2, 0.25) is 0 Å². The van der Waals surface area contributed by atoms with Gasteiger partial charge in [-0.25, -0.2) is 0 Å². The van der Waals surface area contributed by atoms with Gasteiger partial charge in [-0.1, -0.05) is 38.8 Å². The Morgan fingerprint density at radius 2 is 1.86 bits per heavy atom. The first-order valence-electron chi connectivity index (χ1n) is 7.82. The second-order valence-corrected chi connectivity index (χ2v) is 6.19. The minimum absolute atomic E-state index is 0.167. The minimum atomic E-state index is -4.26. The highest BCUT2D eigenvalue weighted by Crippen LogP contribution is 2.38. The van der Waals surface area contributed by atoms with Crippen LogP contribution in [0.3, 0.4) is 0 Å². The Morgan fingerprint density at radius 1 is 1.19 bits per heavy atom. The number of rotatable bonds is 4.